The predicted octanol–water partition coefficient (Wildman–Crippen LogP) is 1.73. The Labute approximate surface area is 94.1 Å². The first-order valence-corrected chi connectivity index (χ1v) is 4.53. The molecule has 0 unspecified atom stereocenters. The van der Waals surface area contributed by atoms with E-state index >= 15 is 0 Å². The molecule has 0 aliphatic heterocycles. The molecule has 1 aromatic carbocycles. The number of benzene rings is 1. The number of hydrogen-bond donors (Lipinski definition) is 2. The van der Waals surface area contributed by atoms with Gasteiger partial charge < -0.3 is 11.5 Å². The van der Waals surface area contributed by atoms with Crippen LogP contribution in [0, 0.1) is 17.5 Å². The van der Waals surface area contributed by atoms with Crippen LogP contribution >= 0.6 is 0 Å². The maximum absolute atomic E-state index is 13.4. The summed E-state index contributed by atoms with van der Waals surface area (Å²) in [6.07, 6.45) is 0. The molecule has 7 heteroatoms. The molecule has 17 heavy (non-hydrogen) atoms. The van der Waals surface area contributed by atoms with Crippen molar-refractivity contribution < 1.29 is 13.2 Å². The number of rotatable bonds is 1. The molecule has 0 fully saturated rings. The SMILES string of the molecule is Nc1cc(N)nc(-c2ccc(F)c(F)c2F)n1. The molecule has 0 saturated carbocycles. The first kappa shape index (κ1) is 11.2. The molecule has 1 heterocycles. The minimum absolute atomic E-state index is 0.0108. The molecule has 4 nitrogen and oxygen atoms in total. The second kappa shape index (κ2) is 3.93. The molecule has 0 atom stereocenters. The quantitative estimate of drug-likeness (QED) is 0.744. The average molecular weight is 240 g/mol. The van der Waals surface area contributed by atoms with Gasteiger partial charge in [-0.1, -0.05) is 0 Å². The van der Waals surface area contributed by atoms with Gasteiger partial charge in [0.25, 0.3) is 0 Å². The molecule has 4 N–H and O–H groups in total. The summed E-state index contributed by atoms with van der Waals surface area (Å²) < 4.78 is 39.2. The van der Waals surface area contributed by atoms with Gasteiger partial charge in [-0.05, 0) is 12.1 Å². The number of anilines is 2. The zero-order valence-electron chi connectivity index (χ0n) is 8.42. The van der Waals surface area contributed by atoms with Crippen molar-refractivity contribution in [2.75, 3.05) is 11.5 Å². The average Bonchev–Trinajstić information content (AvgIpc) is 2.24. The lowest BCUT2D eigenvalue weighted by Gasteiger charge is -2.05. The molecule has 0 saturated heterocycles. The van der Waals surface area contributed by atoms with Crippen molar-refractivity contribution >= 4 is 11.6 Å². The highest BCUT2D eigenvalue weighted by atomic mass is 19.2. The molecule has 2 rings (SSSR count). The first-order chi connectivity index (χ1) is 7.99. The molecule has 1 aromatic heterocycles. The Morgan fingerprint density at radius 2 is 1.47 bits per heavy atom. The summed E-state index contributed by atoms with van der Waals surface area (Å²) in [6, 6.07) is 3.06. The van der Waals surface area contributed by atoms with Crippen LogP contribution in [0.4, 0.5) is 24.8 Å². The molecule has 0 spiro atoms. The topological polar surface area (TPSA) is 77.8 Å². The van der Waals surface area contributed by atoms with Gasteiger partial charge in [-0.3, -0.25) is 0 Å². The van der Waals surface area contributed by atoms with Crippen molar-refractivity contribution in [3.05, 3.63) is 35.7 Å². The molecular weight excluding hydrogens is 233 g/mol. The summed E-state index contributed by atoms with van der Waals surface area (Å²) >= 11 is 0. The zero-order chi connectivity index (χ0) is 12.6. The lowest BCUT2D eigenvalue weighted by atomic mass is 10.2. The van der Waals surface area contributed by atoms with Crippen LogP contribution in [0.3, 0.4) is 0 Å². The Balaban J connectivity index is 2.64. The minimum atomic E-state index is -1.59. The van der Waals surface area contributed by atoms with Gasteiger partial charge in [-0.15, -0.1) is 0 Å². The summed E-state index contributed by atoms with van der Waals surface area (Å²) in [6.45, 7) is 0. The van der Waals surface area contributed by atoms with Crippen LogP contribution in [0.2, 0.25) is 0 Å². The third-order valence-electron chi connectivity index (χ3n) is 2.04. The molecular formula is C10H7F3N4. The molecule has 88 valence electrons. The van der Waals surface area contributed by atoms with E-state index in [9.17, 15) is 13.2 Å². The Kier molecular flexibility index (Phi) is 2.58. The van der Waals surface area contributed by atoms with E-state index in [1.165, 1.54) is 6.07 Å². The molecule has 0 radical (unpaired) electrons. The Morgan fingerprint density at radius 1 is 0.882 bits per heavy atom. The highest BCUT2D eigenvalue weighted by Gasteiger charge is 2.17. The van der Waals surface area contributed by atoms with Crippen LogP contribution in [-0.4, -0.2) is 9.97 Å². The highest BCUT2D eigenvalue weighted by Crippen LogP contribution is 2.24. The zero-order valence-corrected chi connectivity index (χ0v) is 8.42. The van der Waals surface area contributed by atoms with E-state index < -0.39 is 17.5 Å². The predicted molar refractivity (Wildman–Crippen MR) is 56.2 cm³/mol. The van der Waals surface area contributed by atoms with E-state index in [0.29, 0.717) is 0 Å². The molecule has 0 aliphatic rings. The van der Waals surface area contributed by atoms with Gasteiger partial charge in [0.1, 0.15) is 11.6 Å². The summed E-state index contributed by atoms with van der Waals surface area (Å²) in [5.41, 5.74) is 10.5. The van der Waals surface area contributed by atoms with Gasteiger partial charge in [0.2, 0.25) is 0 Å². The number of halogens is 3. The van der Waals surface area contributed by atoms with Crippen LogP contribution < -0.4 is 11.5 Å². The summed E-state index contributed by atoms with van der Waals surface area (Å²) in [4.78, 5) is 7.39. The number of nitrogen functional groups attached to an aromatic ring is 2. The fourth-order valence-corrected chi connectivity index (χ4v) is 1.30. The van der Waals surface area contributed by atoms with Crippen molar-refractivity contribution in [1.29, 1.82) is 0 Å². The number of nitrogens with zero attached hydrogens (tertiary/aromatic N) is 2. The van der Waals surface area contributed by atoms with Crippen molar-refractivity contribution in [3.8, 4) is 11.4 Å². The van der Waals surface area contributed by atoms with E-state index in [-0.39, 0.29) is 23.0 Å². The summed E-state index contributed by atoms with van der Waals surface area (Å²) in [7, 11) is 0. The van der Waals surface area contributed by atoms with Crippen molar-refractivity contribution in [1.82, 2.24) is 9.97 Å². The standard InChI is InChI=1S/C10H7F3N4/c11-5-2-1-4(8(12)9(5)13)10-16-6(14)3-7(15)17-10/h1-3H,(H4,14,15,16,17). The first-order valence-electron chi connectivity index (χ1n) is 4.53. The van der Waals surface area contributed by atoms with Crippen LogP contribution in [0.15, 0.2) is 18.2 Å². The van der Waals surface area contributed by atoms with Crippen molar-refractivity contribution in [2.24, 2.45) is 0 Å². The highest BCUT2D eigenvalue weighted by molar-refractivity contribution is 5.60. The van der Waals surface area contributed by atoms with E-state index in [1.807, 2.05) is 0 Å². The molecule has 0 bridgehead atoms. The third kappa shape index (κ3) is 1.99. The maximum Gasteiger partial charge on any atom is 0.195 e. The molecule has 2 aromatic rings. The third-order valence-corrected chi connectivity index (χ3v) is 2.04. The summed E-state index contributed by atoms with van der Waals surface area (Å²) in [5.74, 6) is -4.43. The fourth-order valence-electron chi connectivity index (χ4n) is 1.30. The van der Waals surface area contributed by atoms with Crippen molar-refractivity contribution in [3.63, 3.8) is 0 Å². The van der Waals surface area contributed by atoms with E-state index in [2.05, 4.69) is 9.97 Å². The number of nitrogens with two attached hydrogens (primary N) is 2. The largest absolute Gasteiger partial charge is 0.384 e. The summed E-state index contributed by atoms with van der Waals surface area (Å²) in [5, 5.41) is 0. The lowest BCUT2D eigenvalue weighted by molar-refractivity contribution is 0.448. The molecule has 0 aliphatic carbocycles. The Bertz CT molecular complexity index is 566. The van der Waals surface area contributed by atoms with E-state index in [4.69, 9.17) is 11.5 Å². The monoisotopic (exact) mass is 240 g/mol. The van der Waals surface area contributed by atoms with Gasteiger partial charge in [0.15, 0.2) is 23.3 Å². The van der Waals surface area contributed by atoms with Crippen LogP contribution in [-0.2, 0) is 0 Å². The normalized spacial score (nSPS) is 10.5. The van der Waals surface area contributed by atoms with Crippen LogP contribution in [0.25, 0.3) is 11.4 Å². The van der Waals surface area contributed by atoms with Crippen LogP contribution in [0.1, 0.15) is 0 Å². The Hall–Kier alpha value is -2.31. The van der Waals surface area contributed by atoms with Gasteiger partial charge >= 0.3 is 0 Å². The van der Waals surface area contributed by atoms with Crippen molar-refractivity contribution in [2.45, 2.75) is 0 Å². The number of hydrogen-bond acceptors (Lipinski definition) is 4. The smallest absolute Gasteiger partial charge is 0.195 e. The lowest BCUT2D eigenvalue weighted by Crippen LogP contribution is -2.02. The fraction of sp³-hybridized carbons (Fsp3) is 0. The number of aromatic nitrogens is 2. The van der Waals surface area contributed by atoms with Gasteiger partial charge in [-0.2, -0.15) is 0 Å². The van der Waals surface area contributed by atoms with Crippen LogP contribution in [0.5, 0.6) is 0 Å². The van der Waals surface area contributed by atoms with E-state index in [1.54, 1.807) is 0 Å². The molecule has 0 amide bonds. The Morgan fingerprint density at radius 3 is 2.06 bits per heavy atom. The van der Waals surface area contributed by atoms with Gasteiger partial charge in [-0.25, -0.2) is 23.1 Å². The van der Waals surface area contributed by atoms with Gasteiger partial charge in [0.05, 0.1) is 5.56 Å². The minimum Gasteiger partial charge on any atom is -0.384 e. The maximum atomic E-state index is 13.4. The van der Waals surface area contributed by atoms with E-state index in [0.717, 1.165) is 12.1 Å². The van der Waals surface area contributed by atoms with Gasteiger partial charge in [0, 0.05) is 6.07 Å². The second-order valence-electron chi connectivity index (χ2n) is 3.26. The second-order valence-corrected chi connectivity index (χ2v) is 3.26.